The van der Waals surface area contributed by atoms with E-state index in [2.05, 4.69) is 15.6 Å². The summed E-state index contributed by atoms with van der Waals surface area (Å²) < 4.78 is 0. The molecule has 34 heavy (non-hydrogen) atoms. The fraction of sp³-hybridized carbons (Fsp3) is 0.500. The molecular weight excluding hydrogens is 438 g/mol. The number of para-hydroxylation sites is 1. The maximum atomic E-state index is 13.4. The van der Waals surface area contributed by atoms with Crippen LogP contribution in [0.3, 0.4) is 0 Å². The number of rotatable bonds is 10. The van der Waals surface area contributed by atoms with Gasteiger partial charge in [0.05, 0.1) is 6.04 Å². The summed E-state index contributed by atoms with van der Waals surface area (Å²) in [7, 11) is 0. The van der Waals surface area contributed by atoms with Crippen LogP contribution < -0.4 is 16.4 Å². The number of carbonyl (C=O) groups is 4. The number of aromatic nitrogens is 1. The fourth-order valence-electron chi connectivity index (χ4n) is 4.39. The number of H-pyrrole nitrogens is 1. The normalized spacial score (nSPS) is 17.5. The predicted molar refractivity (Wildman–Crippen MR) is 127 cm³/mol. The van der Waals surface area contributed by atoms with Crippen LogP contribution in [-0.4, -0.2) is 69.9 Å². The van der Waals surface area contributed by atoms with Crippen molar-refractivity contribution >= 4 is 34.6 Å². The monoisotopic (exact) mass is 471 g/mol. The first-order chi connectivity index (χ1) is 16.2. The Morgan fingerprint density at radius 2 is 1.97 bits per heavy atom. The molecule has 2 heterocycles. The molecule has 3 amide bonds. The number of likely N-dealkylation sites (tertiary alicyclic amines) is 1. The molecule has 1 fully saturated rings. The Morgan fingerprint density at radius 3 is 2.68 bits per heavy atom. The number of aromatic amines is 1. The molecule has 0 bridgehead atoms. The zero-order valence-corrected chi connectivity index (χ0v) is 19.5. The zero-order valence-electron chi connectivity index (χ0n) is 19.5. The van der Waals surface area contributed by atoms with Gasteiger partial charge < -0.3 is 31.4 Å². The Bertz CT molecular complexity index is 1050. The van der Waals surface area contributed by atoms with Gasteiger partial charge in [-0.25, -0.2) is 0 Å². The van der Waals surface area contributed by atoms with Crippen molar-refractivity contribution in [1.82, 2.24) is 20.5 Å². The Kier molecular flexibility index (Phi) is 8.27. The number of hydrogen-bond acceptors (Lipinski definition) is 5. The van der Waals surface area contributed by atoms with Crippen molar-refractivity contribution in [1.29, 1.82) is 0 Å². The number of nitrogens with one attached hydrogen (secondary N) is 3. The lowest BCUT2D eigenvalue weighted by atomic mass is 10.0. The second kappa shape index (κ2) is 11.1. The van der Waals surface area contributed by atoms with Gasteiger partial charge in [-0.1, -0.05) is 32.0 Å². The van der Waals surface area contributed by atoms with E-state index in [9.17, 15) is 19.2 Å². The Morgan fingerprint density at radius 1 is 1.24 bits per heavy atom. The highest BCUT2D eigenvalue weighted by Crippen LogP contribution is 2.21. The van der Waals surface area contributed by atoms with Gasteiger partial charge in [-0.2, -0.15) is 0 Å². The molecule has 1 saturated heterocycles. The minimum absolute atomic E-state index is 0.112. The second-order valence-electron chi connectivity index (χ2n) is 9.16. The van der Waals surface area contributed by atoms with E-state index in [0.29, 0.717) is 32.2 Å². The van der Waals surface area contributed by atoms with Crippen LogP contribution in [0.4, 0.5) is 0 Å². The Balaban J connectivity index is 1.68. The molecule has 10 nitrogen and oxygen atoms in total. The molecule has 184 valence electrons. The predicted octanol–water partition coefficient (Wildman–Crippen LogP) is 0.760. The molecule has 10 heteroatoms. The molecule has 2 aromatic rings. The van der Waals surface area contributed by atoms with E-state index in [1.165, 1.54) is 4.90 Å². The summed E-state index contributed by atoms with van der Waals surface area (Å²) >= 11 is 0. The molecule has 1 aromatic heterocycles. The van der Waals surface area contributed by atoms with E-state index in [1.54, 1.807) is 0 Å². The molecule has 0 radical (unpaired) electrons. The smallest absolute Gasteiger partial charge is 0.322 e. The molecule has 1 aliphatic heterocycles. The summed E-state index contributed by atoms with van der Waals surface area (Å²) in [6.07, 6.45) is 3.60. The van der Waals surface area contributed by atoms with E-state index in [1.807, 2.05) is 44.3 Å². The van der Waals surface area contributed by atoms with Crippen molar-refractivity contribution < 1.29 is 24.3 Å². The van der Waals surface area contributed by atoms with Crippen LogP contribution in [0.1, 0.15) is 38.7 Å². The van der Waals surface area contributed by atoms with Gasteiger partial charge in [0.15, 0.2) is 0 Å². The lowest BCUT2D eigenvalue weighted by molar-refractivity contribution is -0.143. The average molecular weight is 472 g/mol. The van der Waals surface area contributed by atoms with Crippen LogP contribution in [-0.2, 0) is 25.6 Å². The van der Waals surface area contributed by atoms with Crippen LogP contribution >= 0.6 is 0 Å². The molecule has 6 N–H and O–H groups in total. The van der Waals surface area contributed by atoms with Crippen molar-refractivity contribution in [2.45, 2.75) is 57.7 Å². The first-order valence-corrected chi connectivity index (χ1v) is 11.6. The highest BCUT2D eigenvalue weighted by atomic mass is 16.4. The molecule has 3 unspecified atom stereocenters. The molecule has 0 aliphatic carbocycles. The van der Waals surface area contributed by atoms with Gasteiger partial charge in [0.25, 0.3) is 0 Å². The number of fused-ring (bicyclic) bond motifs is 1. The van der Waals surface area contributed by atoms with Gasteiger partial charge >= 0.3 is 5.97 Å². The van der Waals surface area contributed by atoms with Gasteiger partial charge in [0.2, 0.25) is 17.7 Å². The average Bonchev–Trinajstić information content (AvgIpc) is 3.44. The van der Waals surface area contributed by atoms with Crippen LogP contribution in [0.15, 0.2) is 30.5 Å². The quantitative estimate of drug-likeness (QED) is 0.344. The summed E-state index contributed by atoms with van der Waals surface area (Å²) in [4.78, 5) is 54.1. The lowest BCUT2D eigenvalue weighted by Gasteiger charge is -2.30. The highest BCUT2D eigenvalue weighted by molar-refractivity contribution is 5.94. The fourth-order valence-corrected chi connectivity index (χ4v) is 4.39. The van der Waals surface area contributed by atoms with Gasteiger partial charge in [-0.05, 0) is 43.2 Å². The molecule has 3 rings (SSSR count). The third kappa shape index (κ3) is 6.13. The number of carboxylic acids is 1. The summed E-state index contributed by atoms with van der Waals surface area (Å²) in [5.74, 6) is -2.33. The Labute approximate surface area is 198 Å². The van der Waals surface area contributed by atoms with Gasteiger partial charge in [0, 0.05) is 23.6 Å². The number of benzene rings is 1. The maximum absolute atomic E-state index is 13.4. The molecule has 1 aromatic carbocycles. The van der Waals surface area contributed by atoms with Crippen molar-refractivity contribution in [2.24, 2.45) is 11.7 Å². The van der Waals surface area contributed by atoms with E-state index >= 15 is 0 Å². The third-order valence-corrected chi connectivity index (χ3v) is 6.03. The number of hydrogen-bond donors (Lipinski definition) is 5. The van der Waals surface area contributed by atoms with Crippen molar-refractivity contribution in [3.8, 4) is 0 Å². The summed E-state index contributed by atoms with van der Waals surface area (Å²) in [6, 6.07) is 5.32. The van der Waals surface area contributed by atoms with E-state index in [4.69, 9.17) is 10.8 Å². The van der Waals surface area contributed by atoms with Crippen molar-refractivity contribution in [2.75, 3.05) is 13.1 Å². The summed E-state index contributed by atoms with van der Waals surface area (Å²) in [6.45, 7) is 3.75. The third-order valence-electron chi connectivity index (χ3n) is 6.03. The summed E-state index contributed by atoms with van der Waals surface area (Å²) in [5.41, 5.74) is 8.08. The number of nitrogens with two attached hydrogens (primary N) is 1. The van der Waals surface area contributed by atoms with Crippen LogP contribution in [0.25, 0.3) is 10.9 Å². The first-order valence-electron chi connectivity index (χ1n) is 11.6. The van der Waals surface area contributed by atoms with Crippen LogP contribution in [0, 0.1) is 5.92 Å². The van der Waals surface area contributed by atoms with Crippen molar-refractivity contribution in [3.05, 3.63) is 36.0 Å². The van der Waals surface area contributed by atoms with Gasteiger partial charge in [-0.15, -0.1) is 0 Å². The molecule has 0 saturated carbocycles. The largest absolute Gasteiger partial charge is 0.480 e. The van der Waals surface area contributed by atoms with Crippen molar-refractivity contribution in [3.63, 3.8) is 0 Å². The first kappa shape index (κ1) is 25.2. The molecule has 0 spiro atoms. The minimum atomic E-state index is -1.15. The molecule has 1 aliphatic rings. The van der Waals surface area contributed by atoms with Crippen LogP contribution in [0.2, 0.25) is 0 Å². The number of aliphatic carboxylic acids is 1. The lowest BCUT2D eigenvalue weighted by Crippen LogP contribution is -2.56. The zero-order chi connectivity index (χ0) is 24.8. The number of carbonyl (C=O) groups excluding carboxylic acids is 3. The number of carboxylic acid groups (broad SMARTS) is 1. The number of nitrogens with zero attached hydrogens (tertiary/aromatic N) is 1. The van der Waals surface area contributed by atoms with E-state index < -0.39 is 42.5 Å². The SMILES string of the molecule is CC(C)CC(NC(=O)C(N)Cc1c[nH]c2ccccc12)C(=O)N1CCCC1C(=O)NCC(=O)O. The minimum Gasteiger partial charge on any atom is -0.480 e. The van der Waals surface area contributed by atoms with Gasteiger partial charge in [0.1, 0.15) is 18.6 Å². The standard InChI is InChI=1S/C24H33N5O5/c1-14(2)10-19(24(34)29-9-5-8-20(29)23(33)27-13-21(30)31)28-22(32)17(25)11-15-12-26-18-7-4-3-6-16(15)18/h3-4,6-7,12,14,17,19-20,26H,5,8-11,13,25H2,1-2H3,(H,27,33)(H,28,32)(H,30,31). The van der Waals surface area contributed by atoms with Crippen LogP contribution in [0.5, 0.6) is 0 Å². The summed E-state index contributed by atoms with van der Waals surface area (Å²) in [5, 5.41) is 15.0. The van der Waals surface area contributed by atoms with E-state index in [-0.39, 0.29) is 11.8 Å². The Hall–Kier alpha value is -3.40. The molecular formula is C24H33N5O5. The van der Waals surface area contributed by atoms with E-state index in [0.717, 1.165) is 16.5 Å². The maximum Gasteiger partial charge on any atom is 0.322 e. The second-order valence-corrected chi connectivity index (χ2v) is 9.16. The van der Waals surface area contributed by atoms with Gasteiger partial charge in [-0.3, -0.25) is 19.2 Å². The highest BCUT2D eigenvalue weighted by Gasteiger charge is 2.38. The molecule has 3 atom stereocenters. The topological polar surface area (TPSA) is 158 Å². The number of amides is 3.